The van der Waals surface area contributed by atoms with E-state index in [0.717, 1.165) is 6.54 Å². The van der Waals surface area contributed by atoms with E-state index in [1.54, 1.807) is 0 Å². The van der Waals surface area contributed by atoms with E-state index in [1.807, 2.05) is 0 Å². The smallest absolute Gasteiger partial charge is 0.0253 e. The van der Waals surface area contributed by atoms with Gasteiger partial charge < -0.3 is 5.32 Å². The summed E-state index contributed by atoms with van der Waals surface area (Å²) in [7, 11) is 0. The van der Waals surface area contributed by atoms with Gasteiger partial charge in [0.05, 0.1) is 0 Å². The monoisotopic (exact) mass is 277 g/mol. The van der Waals surface area contributed by atoms with Gasteiger partial charge in [-0.15, -0.1) is 0 Å². The molecular weight excluding hydrogens is 254 g/mol. The molecule has 1 unspecified atom stereocenters. The van der Waals surface area contributed by atoms with Crippen LogP contribution in [0.4, 0.5) is 0 Å². The Morgan fingerprint density at radius 1 is 0.810 bits per heavy atom. The maximum absolute atomic E-state index is 3.60. The van der Waals surface area contributed by atoms with Crippen molar-refractivity contribution in [2.45, 2.75) is 31.7 Å². The first kappa shape index (κ1) is 14.1. The standard InChI is InChI=1S/C20H23N/c1-3-7-18(8-4-1)19-13-10-17(11-14-19)12-15-20-9-5-2-6-16-21-20/h1,3-4,7-8,10-15,20-21H,2,5-6,9,16H2/b15-12+. The van der Waals surface area contributed by atoms with Crippen LogP contribution in [0, 0.1) is 0 Å². The third-order valence-electron chi connectivity index (χ3n) is 4.14. The first-order valence-electron chi connectivity index (χ1n) is 7.99. The van der Waals surface area contributed by atoms with Crippen molar-refractivity contribution in [3.8, 4) is 11.1 Å². The van der Waals surface area contributed by atoms with E-state index in [4.69, 9.17) is 0 Å². The van der Waals surface area contributed by atoms with Gasteiger partial charge in [0.25, 0.3) is 0 Å². The van der Waals surface area contributed by atoms with Crippen LogP contribution in [-0.4, -0.2) is 12.6 Å². The van der Waals surface area contributed by atoms with Gasteiger partial charge in [-0.3, -0.25) is 0 Å². The summed E-state index contributed by atoms with van der Waals surface area (Å²) in [6.45, 7) is 1.15. The molecule has 0 aliphatic carbocycles. The lowest BCUT2D eigenvalue weighted by atomic mass is 10.0. The van der Waals surface area contributed by atoms with E-state index < -0.39 is 0 Å². The molecule has 1 atom stereocenters. The zero-order chi connectivity index (χ0) is 14.3. The quantitative estimate of drug-likeness (QED) is 0.841. The van der Waals surface area contributed by atoms with Gasteiger partial charge in [0, 0.05) is 6.04 Å². The number of rotatable bonds is 3. The Bertz CT molecular complexity index is 561. The van der Waals surface area contributed by atoms with E-state index in [2.05, 4.69) is 72.1 Å². The number of hydrogen-bond donors (Lipinski definition) is 1. The molecule has 2 aromatic rings. The highest BCUT2D eigenvalue weighted by atomic mass is 14.9. The van der Waals surface area contributed by atoms with Crippen LogP contribution in [0.2, 0.25) is 0 Å². The molecule has 0 amide bonds. The predicted molar refractivity (Wildman–Crippen MR) is 91.2 cm³/mol. The van der Waals surface area contributed by atoms with Crippen LogP contribution < -0.4 is 5.32 Å². The summed E-state index contributed by atoms with van der Waals surface area (Å²) in [5.74, 6) is 0. The number of benzene rings is 2. The lowest BCUT2D eigenvalue weighted by Crippen LogP contribution is -2.25. The van der Waals surface area contributed by atoms with Gasteiger partial charge in [-0.2, -0.15) is 0 Å². The average molecular weight is 277 g/mol. The Hall–Kier alpha value is -1.86. The fraction of sp³-hybridized carbons (Fsp3) is 0.300. The maximum atomic E-state index is 3.60. The van der Waals surface area contributed by atoms with Gasteiger partial charge in [0.1, 0.15) is 0 Å². The second kappa shape index (κ2) is 7.24. The van der Waals surface area contributed by atoms with Gasteiger partial charge in [0.15, 0.2) is 0 Å². The fourth-order valence-electron chi connectivity index (χ4n) is 2.86. The third-order valence-corrected chi connectivity index (χ3v) is 4.14. The van der Waals surface area contributed by atoms with Crippen LogP contribution in [0.25, 0.3) is 17.2 Å². The Kier molecular flexibility index (Phi) is 4.86. The Balaban J connectivity index is 1.66. The molecule has 1 N–H and O–H groups in total. The summed E-state index contributed by atoms with van der Waals surface area (Å²) < 4.78 is 0. The van der Waals surface area contributed by atoms with Crippen LogP contribution in [0.3, 0.4) is 0 Å². The van der Waals surface area contributed by atoms with Gasteiger partial charge in [-0.05, 0) is 36.1 Å². The molecule has 3 rings (SSSR count). The topological polar surface area (TPSA) is 12.0 Å². The third kappa shape index (κ3) is 4.05. The molecule has 1 heterocycles. The maximum Gasteiger partial charge on any atom is 0.0253 e. The van der Waals surface area contributed by atoms with Crippen LogP contribution in [0.15, 0.2) is 60.7 Å². The minimum atomic E-state index is 0.543. The molecule has 0 radical (unpaired) electrons. The Labute approximate surface area is 127 Å². The fourth-order valence-corrected chi connectivity index (χ4v) is 2.86. The van der Waals surface area contributed by atoms with Crippen LogP contribution in [-0.2, 0) is 0 Å². The first-order chi connectivity index (χ1) is 10.4. The Morgan fingerprint density at radius 2 is 1.57 bits per heavy atom. The second-order valence-electron chi connectivity index (χ2n) is 5.76. The molecule has 1 aliphatic rings. The van der Waals surface area contributed by atoms with Gasteiger partial charge in [0.2, 0.25) is 0 Å². The highest BCUT2D eigenvalue weighted by Gasteiger charge is 2.07. The molecule has 2 aromatic carbocycles. The van der Waals surface area contributed by atoms with E-state index in [-0.39, 0.29) is 0 Å². The highest BCUT2D eigenvalue weighted by Crippen LogP contribution is 2.20. The first-order valence-corrected chi connectivity index (χ1v) is 7.99. The lowest BCUT2D eigenvalue weighted by molar-refractivity contribution is 0.599. The van der Waals surface area contributed by atoms with Crippen molar-refractivity contribution < 1.29 is 0 Å². The lowest BCUT2D eigenvalue weighted by Gasteiger charge is -2.10. The van der Waals surface area contributed by atoms with Crippen molar-refractivity contribution in [1.82, 2.24) is 5.32 Å². The molecule has 0 bridgehead atoms. The minimum absolute atomic E-state index is 0.543. The summed E-state index contributed by atoms with van der Waals surface area (Å²) in [4.78, 5) is 0. The minimum Gasteiger partial charge on any atom is -0.311 e. The average Bonchev–Trinajstić information content (AvgIpc) is 2.83. The van der Waals surface area contributed by atoms with Gasteiger partial charge in [-0.1, -0.05) is 79.6 Å². The van der Waals surface area contributed by atoms with Crippen molar-refractivity contribution in [1.29, 1.82) is 0 Å². The van der Waals surface area contributed by atoms with Crippen molar-refractivity contribution in [2.75, 3.05) is 6.54 Å². The van der Waals surface area contributed by atoms with Crippen LogP contribution >= 0.6 is 0 Å². The summed E-state index contributed by atoms with van der Waals surface area (Å²) in [6.07, 6.45) is 9.85. The normalized spacial score (nSPS) is 19.5. The van der Waals surface area contributed by atoms with Crippen LogP contribution in [0.1, 0.15) is 31.2 Å². The zero-order valence-electron chi connectivity index (χ0n) is 12.5. The molecule has 1 fully saturated rings. The van der Waals surface area contributed by atoms with Crippen molar-refractivity contribution in [3.05, 3.63) is 66.2 Å². The van der Waals surface area contributed by atoms with Gasteiger partial charge in [-0.25, -0.2) is 0 Å². The molecule has 1 aliphatic heterocycles. The molecule has 0 spiro atoms. The van der Waals surface area contributed by atoms with E-state index >= 15 is 0 Å². The second-order valence-corrected chi connectivity index (χ2v) is 5.76. The molecule has 21 heavy (non-hydrogen) atoms. The number of hydrogen-bond acceptors (Lipinski definition) is 1. The van der Waals surface area contributed by atoms with Crippen molar-refractivity contribution in [2.24, 2.45) is 0 Å². The van der Waals surface area contributed by atoms with E-state index in [9.17, 15) is 0 Å². The molecule has 108 valence electrons. The zero-order valence-corrected chi connectivity index (χ0v) is 12.5. The molecule has 0 aromatic heterocycles. The number of nitrogens with one attached hydrogen (secondary N) is 1. The summed E-state index contributed by atoms with van der Waals surface area (Å²) >= 11 is 0. The molecule has 1 saturated heterocycles. The van der Waals surface area contributed by atoms with Crippen molar-refractivity contribution >= 4 is 6.08 Å². The van der Waals surface area contributed by atoms with Crippen molar-refractivity contribution in [3.63, 3.8) is 0 Å². The SMILES string of the molecule is C(=C\C1CCCCCN1)/c1ccc(-c2ccccc2)cc1. The largest absolute Gasteiger partial charge is 0.311 e. The molecule has 1 nitrogen and oxygen atoms in total. The molecule has 1 heteroatoms. The van der Waals surface area contributed by atoms with Crippen LogP contribution in [0.5, 0.6) is 0 Å². The Morgan fingerprint density at radius 3 is 2.38 bits per heavy atom. The summed E-state index contributed by atoms with van der Waals surface area (Å²) in [5.41, 5.74) is 3.83. The highest BCUT2D eigenvalue weighted by molar-refractivity contribution is 5.65. The summed E-state index contributed by atoms with van der Waals surface area (Å²) in [6, 6.07) is 19.9. The van der Waals surface area contributed by atoms with E-state index in [0.29, 0.717) is 6.04 Å². The van der Waals surface area contributed by atoms with Gasteiger partial charge >= 0.3 is 0 Å². The summed E-state index contributed by atoms with van der Waals surface area (Å²) in [5, 5.41) is 3.60. The molecular formula is C20H23N. The molecule has 0 saturated carbocycles. The van der Waals surface area contributed by atoms with E-state index in [1.165, 1.54) is 42.4 Å². The predicted octanol–water partition coefficient (Wildman–Crippen LogP) is 4.90.